The highest BCUT2D eigenvalue weighted by atomic mass is 35.5. The zero-order valence-electron chi connectivity index (χ0n) is 14.0. The van der Waals surface area contributed by atoms with E-state index in [1.54, 1.807) is 19.1 Å². The SMILES string of the molecule is Cc1ccc(C(C)NC(=O)C2CC23CCNCC3)cc1[N+](=O)[O-].Cl. The van der Waals surface area contributed by atoms with Gasteiger partial charge in [0.25, 0.3) is 5.69 Å². The first kappa shape index (κ1) is 18.7. The smallest absolute Gasteiger partial charge is 0.272 e. The molecule has 7 heteroatoms. The van der Waals surface area contributed by atoms with E-state index in [0.29, 0.717) is 5.56 Å². The summed E-state index contributed by atoms with van der Waals surface area (Å²) in [6, 6.07) is 4.93. The summed E-state index contributed by atoms with van der Waals surface area (Å²) >= 11 is 0. The highest BCUT2D eigenvalue weighted by Crippen LogP contribution is 2.58. The van der Waals surface area contributed by atoms with Gasteiger partial charge in [0.05, 0.1) is 11.0 Å². The number of halogens is 1. The lowest BCUT2D eigenvalue weighted by Gasteiger charge is -2.23. The molecule has 2 fully saturated rings. The van der Waals surface area contributed by atoms with Crippen LogP contribution in [-0.4, -0.2) is 23.9 Å². The average molecular weight is 354 g/mol. The van der Waals surface area contributed by atoms with Crippen LogP contribution in [0.5, 0.6) is 0 Å². The van der Waals surface area contributed by atoms with Crippen molar-refractivity contribution in [1.82, 2.24) is 10.6 Å². The molecule has 3 rings (SSSR count). The molecule has 1 heterocycles. The van der Waals surface area contributed by atoms with Crippen LogP contribution in [0.15, 0.2) is 18.2 Å². The van der Waals surface area contributed by atoms with Crippen LogP contribution in [-0.2, 0) is 4.79 Å². The van der Waals surface area contributed by atoms with Gasteiger partial charge in [-0.3, -0.25) is 14.9 Å². The third-order valence-electron chi connectivity index (χ3n) is 5.39. The van der Waals surface area contributed by atoms with Gasteiger partial charge in [-0.2, -0.15) is 0 Å². The lowest BCUT2D eigenvalue weighted by Crippen LogP contribution is -2.34. The molecule has 2 N–H and O–H groups in total. The van der Waals surface area contributed by atoms with E-state index in [-0.39, 0.29) is 46.3 Å². The van der Waals surface area contributed by atoms with Crippen molar-refractivity contribution in [3.63, 3.8) is 0 Å². The van der Waals surface area contributed by atoms with Crippen molar-refractivity contribution in [2.75, 3.05) is 13.1 Å². The van der Waals surface area contributed by atoms with E-state index in [9.17, 15) is 14.9 Å². The number of nitrogens with one attached hydrogen (secondary N) is 2. The summed E-state index contributed by atoms with van der Waals surface area (Å²) in [4.78, 5) is 23.2. The molecule has 1 aliphatic heterocycles. The molecule has 1 aromatic carbocycles. The van der Waals surface area contributed by atoms with Crippen molar-refractivity contribution < 1.29 is 9.72 Å². The Labute approximate surface area is 148 Å². The van der Waals surface area contributed by atoms with Crippen LogP contribution < -0.4 is 10.6 Å². The first-order valence-corrected chi connectivity index (χ1v) is 8.19. The second-order valence-electron chi connectivity index (χ2n) is 6.90. The molecule has 1 aliphatic carbocycles. The standard InChI is InChI=1S/C17H23N3O3.ClH/c1-11-3-4-13(9-15(11)20(22)23)12(2)19-16(21)14-10-17(14)5-7-18-8-6-17;/h3-4,9,12,14,18H,5-8,10H2,1-2H3,(H,19,21);1H. The molecule has 0 bridgehead atoms. The monoisotopic (exact) mass is 353 g/mol. The van der Waals surface area contributed by atoms with E-state index >= 15 is 0 Å². The normalized spacial score (nSPS) is 22.3. The Balaban J connectivity index is 0.00000208. The van der Waals surface area contributed by atoms with Crippen molar-refractivity contribution in [3.05, 3.63) is 39.4 Å². The average Bonchev–Trinajstić information content (AvgIpc) is 3.21. The van der Waals surface area contributed by atoms with Crippen molar-refractivity contribution in [2.24, 2.45) is 11.3 Å². The molecule has 24 heavy (non-hydrogen) atoms. The molecule has 0 radical (unpaired) electrons. The highest BCUT2D eigenvalue weighted by Gasteiger charge is 2.57. The molecule has 1 spiro atoms. The van der Waals surface area contributed by atoms with Crippen LogP contribution in [0.1, 0.15) is 43.4 Å². The quantitative estimate of drug-likeness (QED) is 0.644. The number of benzene rings is 1. The Morgan fingerprint density at radius 1 is 1.42 bits per heavy atom. The van der Waals surface area contributed by atoms with Gasteiger partial charge in [-0.15, -0.1) is 12.4 Å². The number of aryl methyl sites for hydroxylation is 1. The number of carbonyl (C=O) groups is 1. The maximum atomic E-state index is 12.5. The fraction of sp³-hybridized carbons (Fsp3) is 0.588. The minimum Gasteiger partial charge on any atom is -0.349 e. The predicted octanol–water partition coefficient (Wildman–Crippen LogP) is 2.89. The maximum Gasteiger partial charge on any atom is 0.272 e. The first-order valence-electron chi connectivity index (χ1n) is 8.19. The lowest BCUT2D eigenvalue weighted by atomic mass is 9.91. The summed E-state index contributed by atoms with van der Waals surface area (Å²) < 4.78 is 0. The number of amides is 1. The Morgan fingerprint density at radius 2 is 2.08 bits per heavy atom. The number of nitro benzene ring substituents is 1. The van der Waals surface area contributed by atoms with Crippen molar-refractivity contribution in [3.8, 4) is 0 Å². The summed E-state index contributed by atoms with van der Waals surface area (Å²) in [7, 11) is 0. The van der Waals surface area contributed by atoms with E-state index in [4.69, 9.17) is 0 Å². The molecule has 2 aliphatic rings. The van der Waals surface area contributed by atoms with Crippen LogP contribution in [0.4, 0.5) is 5.69 Å². The van der Waals surface area contributed by atoms with Gasteiger partial charge in [0.1, 0.15) is 0 Å². The largest absolute Gasteiger partial charge is 0.349 e. The Morgan fingerprint density at radius 3 is 2.71 bits per heavy atom. The molecule has 1 amide bonds. The van der Waals surface area contributed by atoms with Crippen LogP contribution in [0, 0.1) is 28.4 Å². The number of nitrogens with zero attached hydrogens (tertiary/aromatic N) is 1. The number of hydrogen-bond acceptors (Lipinski definition) is 4. The van der Waals surface area contributed by atoms with Gasteiger partial charge in [0, 0.05) is 17.5 Å². The zero-order chi connectivity index (χ0) is 16.6. The van der Waals surface area contributed by atoms with Crippen LogP contribution in [0.25, 0.3) is 0 Å². The number of piperidine rings is 1. The van der Waals surface area contributed by atoms with Crippen LogP contribution in [0.3, 0.4) is 0 Å². The van der Waals surface area contributed by atoms with Gasteiger partial charge < -0.3 is 10.6 Å². The van der Waals surface area contributed by atoms with Gasteiger partial charge in [-0.1, -0.05) is 12.1 Å². The minimum atomic E-state index is -0.377. The lowest BCUT2D eigenvalue weighted by molar-refractivity contribution is -0.385. The van der Waals surface area contributed by atoms with Gasteiger partial charge in [0.15, 0.2) is 0 Å². The molecular weight excluding hydrogens is 330 g/mol. The predicted molar refractivity (Wildman–Crippen MR) is 94.3 cm³/mol. The number of nitro groups is 1. The third-order valence-corrected chi connectivity index (χ3v) is 5.39. The zero-order valence-corrected chi connectivity index (χ0v) is 14.8. The van der Waals surface area contributed by atoms with Gasteiger partial charge in [-0.05, 0) is 57.2 Å². The molecular formula is C17H24ClN3O3. The summed E-state index contributed by atoms with van der Waals surface area (Å²) in [5.74, 6) is 0.190. The molecule has 2 atom stereocenters. The van der Waals surface area contributed by atoms with Crippen LogP contribution in [0.2, 0.25) is 0 Å². The van der Waals surface area contributed by atoms with Crippen LogP contribution >= 0.6 is 12.4 Å². The minimum absolute atomic E-state index is 0. The molecule has 132 valence electrons. The molecule has 2 unspecified atom stereocenters. The Hall–Kier alpha value is -1.66. The van der Waals surface area contributed by atoms with Gasteiger partial charge in [-0.25, -0.2) is 0 Å². The summed E-state index contributed by atoms with van der Waals surface area (Å²) in [5.41, 5.74) is 1.71. The molecule has 1 saturated carbocycles. The van der Waals surface area contributed by atoms with Crippen molar-refractivity contribution in [2.45, 2.75) is 39.2 Å². The Kier molecular flexibility index (Phi) is 5.50. The summed E-state index contributed by atoms with van der Waals surface area (Å²) in [5, 5.41) is 17.4. The van der Waals surface area contributed by atoms with E-state index in [1.165, 1.54) is 0 Å². The summed E-state index contributed by atoms with van der Waals surface area (Å²) in [6.45, 7) is 5.58. The van der Waals surface area contributed by atoms with Crippen molar-refractivity contribution in [1.29, 1.82) is 0 Å². The second kappa shape index (κ2) is 7.07. The van der Waals surface area contributed by atoms with Gasteiger partial charge in [0.2, 0.25) is 5.91 Å². The number of carbonyl (C=O) groups excluding carboxylic acids is 1. The molecule has 0 aromatic heterocycles. The van der Waals surface area contributed by atoms with E-state index < -0.39 is 0 Å². The number of rotatable bonds is 4. The third kappa shape index (κ3) is 3.54. The fourth-order valence-corrected chi connectivity index (χ4v) is 3.69. The second-order valence-corrected chi connectivity index (χ2v) is 6.90. The van der Waals surface area contributed by atoms with Gasteiger partial charge >= 0.3 is 0 Å². The molecule has 1 aromatic rings. The molecule has 1 saturated heterocycles. The topological polar surface area (TPSA) is 84.3 Å². The highest BCUT2D eigenvalue weighted by molar-refractivity contribution is 5.85. The van der Waals surface area contributed by atoms with Crippen molar-refractivity contribution >= 4 is 24.0 Å². The van der Waals surface area contributed by atoms with E-state index in [2.05, 4.69) is 10.6 Å². The Bertz CT molecular complexity index is 644. The summed E-state index contributed by atoms with van der Waals surface area (Å²) in [6.07, 6.45) is 3.10. The first-order chi connectivity index (χ1) is 10.9. The maximum absolute atomic E-state index is 12.5. The number of hydrogen-bond donors (Lipinski definition) is 2. The van der Waals surface area contributed by atoms with E-state index in [1.807, 2.05) is 13.0 Å². The van der Waals surface area contributed by atoms with E-state index in [0.717, 1.165) is 37.9 Å². The molecule has 6 nitrogen and oxygen atoms in total. The fourth-order valence-electron chi connectivity index (χ4n) is 3.69.